The van der Waals surface area contributed by atoms with Crippen molar-refractivity contribution in [1.82, 2.24) is 4.31 Å². The molecular formula is C11H14FNO3S. The minimum Gasteiger partial charge on any atom is -0.365 e. The van der Waals surface area contributed by atoms with E-state index in [0.29, 0.717) is 25.1 Å². The third-order valence-corrected chi connectivity index (χ3v) is 4.52. The topological polar surface area (TPSA) is 46.6 Å². The number of nitrogens with zero attached hydrogens (tertiary/aromatic N) is 1. The standard InChI is InChI=1S/C11H14FNO3S/c1-9-7-10(3-4-11(9)12)17(14,15)13-5-2-6-16-8-13/h3-4,7H,2,5-6,8H2,1H3. The molecule has 1 saturated heterocycles. The average molecular weight is 259 g/mol. The zero-order valence-corrected chi connectivity index (χ0v) is 10.3. The van der Waals surface area contributed by atoms with E-state index in [1.165, 1.54) is 22.5 Å². The Bertz CT molecular complexity index is 509. The van der Waals surface area contributed by atoms with Gasteiger partial charge in [-0.3, -0.25) is 0 Å². The van der Waals surface area contributed by atoms with Gasteiger partial charge in [0.15, 0.2) is 0 Å². The van der Waals surface area contributed by atoms with Crippen LogP contribution in [0.5, 0.6) is 0 Å². The fraction of sp³-hybridized carbons (Fsp3) is 0.455. The lowest BCUT2D eigenvalue weighted by atomic mass is 10.2. The minimum absolute atomic E-state index is 0.0682. The Morgan fingerprint density at radius 2 is 2.18 bits per heavy atom. The molecule has 1 heterocycles. The van der Waals surface area contributed by atoms with E-state index in [9.17, 15) is 12.8 Å². The number of sulfonamides is 1. The SMILES string of the molecule is Cc1cc(S(=O)(=O)N2CCCOC2)ccc1F. The summed E-state index contributed by atoms with van der Waals surface area (Å²) >= 11 is 0. The van der Waals surface area contributed by atoms with Crippen molar-refractivity contribution in [2.75, 3.05) is 19.9 Å². The molecule has 4 nitrogen and oxygen atoms in total. The lowest BCUT2D eigenvalue weighted by Gasteiger charge is -2.26. The van der Waals surface area contributed by atoms with Crippen LogP contribution in [-0.2, 0) is 14.8 Å². The molecule has 0 aliphatic carbocycles. The lowest BCUT2D eigenvalue weighted by Crippen LogP contribution is -2.38. The first-order chi connectivity index (χ1) is 8.01. The summed E-state index contributed by atoms with van der Waals surface area (Å²) in [7, 11) is -3.56. The van der Waals surface area contributed by atoms with E-state index in [4.69, 9.17) is 4.74 Å². The summed E-state index contributed by atoms with van der Waals surface area (Å²) in [6.07, 6.45) is 0.680. The van der Waals surface area contributed by atoms with Crippen molar-refractivity contribution in [3.63, 3.8) is 0 Å². The van der Waals surface area contributed by atoms with Gasteiger partial charge in [0.2, 0.25) is 10.0 Å². The first kappa shape index (κ1) is 12.5. The molecule has 0 bridgehead atoms. The molecule has 1 aromatic carbocycles. The van der Waals surface area contributed by atoms with Crippen molar-refractivity contribution in [2.24, 2.45) is 0 Å². The van der Waals surface area contributed by atoms with Crippen molar-refractivity contribution < 1.29 is 17.5 Å². The molecule has 0 unspecified atom stereocenters. The number of hydrogen-bond acceptors (Lipinski definition) is 3. The fourth-order valence-electron chi connectivity index (χ4n) is 1.69. The van der Waals surface area contributed by atoms with E-state index >= 15 is 0 Å². The second-order valence-corrected chi connectivity index (χ2v) is 5.92. The first-order valence-electron chi connectivity index (χ1n) is 5.36. The smallest absolute Gasteiger partial charge is 0.245 e. The van der Waals surface area contributed by atoms with E-state index in [2.05, 4.69) is 0 Å². The second-order valence-electron chi connectivity index (χ2n) is 3.98. The molecule has 0 radical (unpaired) electrons. The van der Waals surface area contributed by atoms with Crippen LogP contribution in [0.4, 0.5) is 4.39 Å². The molecule has 0 spiro atoms. The van der Waals surface area contributed by atoms with Crippen LogP contribution in [0.2, 0.25) is 0 Å². The Morgan fingerprint density at radius 1 is 1.41 bits per heavy atom. The maximum Gasteiger partial charge on any atom is 0.245 e. The molecule has 17 heavy (non-hydrogen) atoms. The number of aryl methyl sites for hydroxylation is 1. The molecule has 6 heteroatoms. The van der Waals surface area contributed by atoms with Gasteiger partial charge in [-0.25, -0.2) is 12.8 Å². The molecule has 2 rings (SSSR count). The number of halogens is 1. The van der Waals surface area contributed by atoms with E-state index in [-0.39, 0.29) is 11.6 Å². The molecule has 0 N–H and O–H groups in total. The van der Waals surface area contributed by atoms with Gasteiger partial charge in [0.1, 0.15) is 12.5 Å². The minimum atomic E-state index is -3.56. The van der Waals surface area contributed by atoms with Gasteiger partial charge in [-0.1, -0.05) is 0 Å². The normalized spacial score (nSPS) is 18.2. The Hall–Kier alpha value is -0.980. The summed E-state index contributed by atoms with van der Waals surface area (Å²) in [5.41, 5.74) is 0.323. The second kappa shape index (κ2) is 4.72. The third-order valence-electron chi connectivity index (χ3n) is 2.70. The molecule has 1 aliphatic rings. The number of benzene rings is 1. The van der Waals surface area contributed by atoms with Gasteiger partial charge in [-0.2, -0.15) is 4.31 Å². The monoisotopic (exact) mass is 259 g/mol. The molecule has 94 valence electrons. The molecule has 1 aliphatic heterocycles. The van der Waals surface area contributed by atoms with Gasteiger partial charge in [0.25, 0.3) is 0 Å². The van der Waals surface area contributed by atoms with Gasteiger partial charge in [0.05, 0.1) is 4.90 Å². The maximum atomic E-state index is 13.1. The number of hydrogen-bond donors (Lipinski definition) is 0. The number of rotatable bonds is 2. The van der Waals surface area contributed by atoms with E-state index in [1.807, 2.05) is 0 Å². The van der Waals surface area contributed by atoms with Crippen molar-refractivity contribution >= 4 is 10.0 Å². The lowest BCUT2D eigenvalue weighted by molar-refractivity contribution is 0.0313. The van der Waals surface area contributed by atoms with Crippen LogP contribution in [0.3, 0.4) is 0 Å². The Labute approximate surface area is 100 Å². The van der Waals surface area contributed by atoms with Gasteiger partial charge >= 0.3 is 0 Å². The highest BCUT2D eigenvalue weighted by Gasteiger charge is 2.26. The Kier molecular flexibility index (Phi) is 3.46. The van der Waals surface area contributed by atoms with Crippen LogP contribution in [0, 0.1) is 12.7 Å². The van der Waals surface area contributed by atoms with E-state index in [0.717, 1.165) is 0 Å². The average Bonchev–Trinajstić information content (AvgIpc) is 2.33. The predicted octanol–water partition coefficient (Wildman–Crippen LogP) is 1.50. The molecular weight excluding hydrogens is 245 g/mol. The summed E-state index contributed by atoms with van der Waals surface area (Å²) in [6.45, 7) is 2.63. The quantitative estimate of drug-likeness (QED) is 0.808. The van der Waals surface area contributed by atoms with Crippen LogP contribution < -0.4 is 0 Å². The predicted molar refractivity (Wildman–Crippen MR) is 60.5 cm³/mol. The first-order valence-corrected chi connectivity index (χ1v) is 6.80. The molecule has 0 atom stereocenters. The maximum absolute atomic E-state index is 13.1. The van der Waals surface area contributed by atoms with Crippen LogP contribution in [0.1, 0.15) is 12.0 Å². The number of ether oxygens (including phenoxy) is 1. The molecule has 1 fully saturated rings. The van der Waals surface area contributed by atoms with Crippen LogP contribution in [0.25, 0.3) is 0 Å². The highest BCUT2D eigenvalue weighted by Crippen LogP contribution is 2.20. The summed E-state index contributed by atoms with van der Waals surface area (Å²) in [6, 6.07) is 3.80. The third kappa shape index (κ3) is 2.48. The Morgan fingerprint density at radius 3 is 2.76 bits per heavy atom. The molecule has 0 saturated carbocycles. The summed E-state index contributed by atoms with van der Waals surface area (Å²) in [5.74, 6) is -0.404. The highest BCUT2D eigenvalue weighted by molar-refractivity contribution is 7.89. The zero-order chi connectivity index (χ0) is 12.5. The summed E-state index contributed by atoms with van der Waals surface area (Å²) < 4.78 is 43.8. The van der Waals surface area contributed by atoms with Crippen molar-refractivity contribution in [2.45, 2.75) is 18.2 Å². The fourth-order valence-corrected chi connectivity index (χ4v) is 3.14. The van der Waals surface area contributed by atoms with E-state index in [1.54, 1.807) is 6.92 Å². The van der Waals surface area contributed by atoms with Crippen LogP contribution in [-0.4, -0.2) is 32.6 Å². The highest BCUT2D eigenvalue weighted by atomic mass is 32.2. The zero-order valence-electron chi connectivity index (χ0n) is 9.52. The van der Waals surface area contributed by atoms with Gasteiger partial charge in [-0.15, -0.1) is 0 Å². The van der Waals surface area contributed by atoms with Gasteiger partial charge < -0.3 is 4.74 Å². The largest absolute Gasteiger partial charge is 0.365 e. The van der Waals surface area contributed by atoms with Crippen LogP contribution >= 0.6 is 0 Å². The van der Waals surface area contributed by atoms with Crippen molar-refractivity contribution in [3.05, 3.63) is 29.6 Å². The molecule has 0 amide bonds. The summed E-state index contributed by atoms with van der Waals surface area (Å²) in [4.78, 5) is 0.113. The Balaban J connectivity index is 2.33. The van der Waals surface area contributed by atoms with Gasteiger partial charge in [0, 0.05) is 13.2 Å². The van der Waals surface area contributed by atoms with Crippen molar-refractivity contribution in [3.8, 4) is 0 Å². The van der Waals surface area contributed by atoms with Crippen molar-refractivity contribution in [1.29, 1.82) is 0 Å². The molecule has 0 aromatic heterocycles. The van der Waals surface area contributed by atoms with Crippen LogP contribution in [0.15, 0.2) is 23.1 Å². The van der Waals surface area contributed by atoms with E-state index < -0.39 is 15.8 Å². The molecule has 1 aromatic rings. The van der Waals surface area contributed by atoms with Gasteiger partial charge in [-0.05, 0) is 37.1 Å². The summed E-state index contributed by atoms with van der Waals surface area (Å²) in [5, 5.41) is 0.